The maximum Gasteiger partial charge on any atom is 0.336 e. The van der Waals surface area contributed by atoms with Gasteiger partial charge in [-0.15, -0.1) is 0 Å². The third-order valence-corrected chi connectivity index (χ3v) is 5.60. The van der Waals surface area contributed by atoms with Crippen molar-refractivity contribution >= 4 is 34.1 Å². The van der Waals surface area contributed by atoms with Gasteiger partial charge in [-0.05, 0) is 48.4 Å². The van der Waals surface area contributed by atoms with Crippen molar-refractivity contribution in [3.05, 3.63) is 93.8 Å². The molecule has 0 N–H and O–H groups in total. The molecule has 0 bridgehead atoms. The first kappa shape index (κ1) is 20.6. The van der Waals surface area contributed by atoms with Crippen LogP contribution in [0.5, 0.6) is 11.5 Å². The van der Waals surface area contributed by atoms with Crippen molar-refractivity contribution in [1.82, 2.24) is 0 Å². The molecule has 0 radical (unpaired) electrons. The SMILES string of the molecule is COc1cc(/C=C/c2cc(=O)oc3c2ccc2oc(-c4ccc(C)cc4)cc23)cc(OC)c1. The van der Waals surface area contributed by atoms with Gasteiger partial charge >= 0.3 is 5.63 Å². The van der Waals surface area contributed by atoms with Crippen LogP contribution in [0.15, 0.2) is 80.4 Å². The minimum Gasteiger partial charge on any atom is -0.497 e. The van der Waals surface area contributed by atoms with Crippen molar-refractivity contribution in [1.29, 1.82) is 0 Å². The molecule has 0 spiro atoms. The zero-order chi connectivity index (χ0) is 22.9. The van der Waals surface area contributed by atoms with Gasteiger partial charge in [0.05, 0.1) is 19.6 Å². The Hall–Kier alpha value is -4.25. The first-order valence-electron chi connectivity index (χ1n) is 10.5. The summed E-state index contributed by atoms with van der Waals surface area (Å²) in [6.45, 7) is 2.04. The lowest BCUT2D eigenvalue weighted by atomic mass is 10.1. The van der Waals surface area contributed by atoms with E-state index in [1.165, 1.54) is 11.6 Å². The van der Waals surface area contributed by atoms with Crippen molar-refractivity contribution in [2.45, 2.75) is 6.92 Å². The van der Waals surface area contributed by atoms with E-state index in [0.29, 0.717) is 22.7 Å². The lowest BCUT2D eigenvalue weighted by Crippen LogP contribution is -1.98. The molecule has 0 aliphatic carbocycles. The number of hydrogen-bond acceptors (Lipinski definition) is 5. The largest absolute Gasteiger partial charge is 0.497 e. The Morgan fingerprint density at radius 1 is 0.758 bits per heavy atom. The average molecular weight is 438 g/mol. The highest BCUT2D eigenvalue weighted by molar-refractivity contribution is 6.06. The zero-order valence-corrected chi connectivity index (χ0v) is 18.5. The fourth-order valence-electron chi connectivity index (χ4n) is 3.87. The van der Waals surface area contributed by atoms with Gasteiger partial charge in [-0.2, -0.15) is 0 Å². The second kappa shape index (κ2) is 8.36. The number of hydrogen-bond donors (Lipinski definition) is 0. The van der Waals surface area contributed by atoms with Crippen molar-refractivity contribution in [2.75, 3.05) is 14.2 Å². The Labute approximate surface area is 190 Å². The molecule has 5 aromatic rings. The molecule has 3 aromatic carbocycles. The molecule has 0 amide bonds. The summed E-state index contributed by atoms with van der Waals surface area (Å²) in [5.74, 6) is 2.11. The second-order valence-electron chi connectivity index (χ2n) is 7.83. The summed E-state index contributed by atoms with van der Waals surface area (Å²) in [6.07, 6.45) is 3.80. The molecule has 5 heteroatoms. The Morgan fingerprint density at radius 3 is 2.18 bits per heavy atom. The lowest BCUT2D eigenvalue weighted by Gasteiger charge is -2.06. The quantitative estimate of drug-likeness (QED) is 0.286. The van der Waals surface area contributed by atoms with Gasteiger partial charge in [0, 0.05) is 23.1 Å². The normalized spacial score (nSPS) is 11.5. The summed E-state index contributed by atoms with van der Waals surface area (Å²) in [6, 6.07) is 20.9. The van der Waals surface area contributed by atoms with E-state index >= 15 is 0 Å². The van der Waals surface area contributed by atoms with Crippen LogP contribution in [0.3, 0.4) is 0 Å². The Kier molecular flexibility index (Phi) is 5.23. The monoisotopic (exact) mass is 438 g/mol. The molecule has 2 aromatic heterocycles. The van der Waals surface area contributed by atoms with Gasteiger partial charge in [-0.25, -0.2) is 4.79 Å². The summed E-state index contributed by atoms with van der Waals surface area (Å²) in [5.41, 5.74) is 4.54. The smallest absolute Gasteiger partial charge is 0.336 e. The molecule has 0 aliphatic heterocycles. The number of ether oxygens (including phenoxy) is 2. The fourth-order valence-corrected chi connectivity index (χ4v) is 3.87. The van der Waals surface area contributed by atoms with Gasteiger partial charge in [0.1, 0.15) is 28.4 Å². The van der Waals surface area contributed by atoms with Crippen LogP contribution >= 0.6 is 0 Å². The summed E-state index contributed by atoms with van der Waals surface area (Å²) in [7, 11) is 3.22. The highest BCUT2D eigenvalue weighted by atomic mass is 16.5. The molecule has 0 saturated carbocycles. The van der Waals surface area contributed by atoms with E-state index in [-0.39, 0.29) is 0 Å². The molecule has 164 valence electrons. The van der Waals surface area contributed by atoms with Crippen LogP contribution in [0.1, 0.15) is 16.7 Å². The van der Waals surface area contributed by atoms with Gasteiger partial charge in [0.15, 0.2) is 0 Å². The van der Waals surface area contributed by atoms with Crippen molar-refractivity contribution in [3.8, 4) is 22.8 Å². The molecular weight excluding hydrogens is 416 g/mol. The molecule has 33 heavy (non-hydrogen) atoms. The van der Waals surface area contributed by atoms with E-state index in [9.17, 15) is 4.79 Å². The van der Waals surface area contributed by atoms with Crippen molar-refractivity contribution in [3.63, 3.8) is 0 Å². The van der Waals surface area contributed by atoms with Gasteiger partial charge in [0.2, 0.25) is 0 Å². The predicted molar refractivity (Wildman–Crippen MR) is 131 cm³/mol. The summed E-state index contributed by atoms with van der Waals surface area (Å²) < 4.78 is 22.4. The van der Waals surface area contributed by atoms with E-state index in [1.54, 1.807) is 14.2 Å². The number of methoxy groups -OCH3 is 2. The maximum absolute atomic E-state index is 12.4. The van der Waals surface area contributed by atoms with Crippen LogP contribution < -0.4 is 15.1 Å². The standard InChI is InChI=1S/C28H22O5/c1-17-4-7-19(8-5-17)26-16-24-25(32-26)11-10-23-20(14-27(29)33-28(23)24)9-6-18-12-21(30-2)15-22(13-18)31-3/h4-16H,1-3H3/b9-6+. The number of aryl methyl sites for hydroxylation is 1. The van der Waals surface area contributed by atoms with E-state index in [1.807, 2.05) is 79.7 Å². The first-order chi connectivity index (χ1) is 16.0. The van der Waals surface area contributed by atoms with Crippen LogP contribution in [0.25, 0.3) is 45.4 Å². The van der Waals surface area contributed by atoms with Crippen LogP contribution in [-0.4, -0.2) is 14.2 Å². The van der Waals surface area contributed by atoms with E-state index in [4.69, 9.17) is 18.3 Å². The van der Waals surface area contributed by atoms with Gasteiger partial charge in [0.25, 0.3) is 0 Å². The third-order valence-electron chi connectivity index (χ3n) is 5.60. The van der Waals surface area contributed by atoms with Gasteiger partial charge in [-0.1, -0.05) is 42.0 Å². The Balaban J connectivity index is 1.62. The van der Waals surface area contributed by atoms with Gasteiger partial charge < -0.3 is 18.3 Å². The van der Waals surface area contributed by atoms with Crippen LogP contribution in [-0.2, 0) is 0 Å². The summed E-state index contributed by atoms with van der Waals surface area (Å²) in [5, 5.41) is 1.59. The highest BCUT2D eigenvalue weighted by Crippen LogP contribution is 2.34. The second-order valence-corrected chi connectivity index (χ2v) is 7.83. The molecule has 2 heterocycles. The molecular formula is C28H22O5. The number of benzene rings is 3. The number of rotatable bonds is 5. The topological polar surface area (TPSA) is 61.8 Å². The molecule has 0 aliphatic rings. The highest BCUT2D eigenvalue weighted by Gasteiger charge is 2.13. The average Bonchev–Trinajstić information content (AvgIpc) is 3.27. The maximum atomic E-state index is 12.4. The van der Waals surface area contributed by atoms with Gasteiger partial charge in [-0.3, -0.25) is 0 Å². The van der Waals surface area contributed by atoms with Crippen molar-refractivity contribution < 1.29 is 18.3 Å². The number of furan rings is 1. The molecule has 0 unspecified atom stereocenters. The Bertz CT molecular complexity index is 1530. The molecule has 0 fully saturated rings. The Morgan fingerprint density at radius 2 is 1.48 bits per heavy atom. The van der Waals surface area contributed by atoms with E-state index < -0.39 is 5.63 Å². The van der Waals surface area contributed by atoms with Crippen LogP contribution in [0, 0.1) is 6.92 Å². The zero-order valence-electron chi connectivity index (χ0n) is 18.5. The van der Waals surface area contributed by atoms with E-state index in [2.05, 4.69) is 0 Å². The lowest BCUT2D eigenvalue weighted by molar-refractivity contribution is 0.394. The minimum atomic E-state index is -0.420. The summed E-state index contributed by atoms with van der Waals surface area (Å²) >= 11 is 0. The summed E-state index contributed by atoms with van der Waals surface area (Å²) in [4.78, 5) is 12.4. The van der Waals surface area contributed by atoms with Crippen molar-refractivity contribution in [2.24, 2.45) is 0 Å². The molecule has 0 saturated heterocycles. The number of fused-ring (bicyclic) bond motifs is 3. The molecule has 0 atom stereocenters. The first-order valence-corrected chi connectivity index (χ1v) is 10.5. The third kappa shape index (κ3) is 4.01. The molecule has 5 nitrogen and oxygen atoms in total. The van der Waals surface area contributed by atoms with E-state index in [0.717, 1.165) is 33.2 Å². The van der Waals surface area contributed by atoms with Crippen LogP contribution in [0.4, 0.5) is 0 Å². The van der Waals surface area contributed by atoms with Crippen LogP contribution in [0.2, 0.25) is 0 Å². The molecule has 5 rings (SSSR count). The fraction of sp³-hybridized carbons (Fsp3) is 0.107. The predicted octanol–water partition coefficient (Wildman–Crippen LogP) is 6.70. The minimum absolute atomic E-state index is 0.420.